The number of aryl methyl sites for hydroxylation is 1. The molecule has 2 rings (SSSR count). The van der Waals surface area contributed by atoms with Gasteiger partial charge in [0.1, 0.15) is 11.4 Å². The minimum absolute atomic E-state index is 0.191. The lowest BCUT2D eigenvalue weighted by molar-refractivity contribution is -0.148. The number of rotatable bonds is 2. The molecule has 1 fully saturated rings. The standard InChI is InChI=1S/C13H15NO3S/c1-8-3-5-10(6-4-8)12-14(9(2)15)11(7-18-12)13(16)17/h3-6,11-12H,7H2,1-2H3,(H,16,17)/t11-,12+/m1/s1. The van der Waals surface area contributed by atoms with Crippen LogP contribution in [0.3, 0.4) is 0 Å². The molecular weight excluding hydrogens is 250 g/mol. The zero-order valence-electron chi connectivity index (χ0n) is 10.3. The van der Waals surface area contributed by atoms with E-state index in [1.165, 1.54) is 23.6 Å². The first-order chi connectivity index (χ1) is 8.50. The number of carboxylic acids is 1. The maximum Gasteiger partial charge on any atom is 0.327 e. The van der Waals surface area contributed by atoms with Gasteiger partial charge < -0.3 is 10.0 Å². The van der Waals surface area contributed by atoms with E-state index in [4.69, 9.17) is 5.11 Å². The first-order valence-electron chi connectivity index (χ1n) is 5.70. The number of carbonyl (C=O) groups excluding carboxylic acids is 1. The summed E-state index contributed by atoms with van der Waals surface area (Å²) >= 11 is 1.50. The van der Waals surface area contributed by atoms with Gasteiger partial charge in [-0.25, -0.2) is 4.79 Å². The number of carboxylic acid groups (broad SMARTS) is 1. The maximum atomic E-state index is 11.7. The van der Waals surface area contributed by atoms with Gasteiger partial charge in [0.05, 0.1) is 0 Å². The van der Waals surface area contributed by atoms with Gasteiger partial charge in [-0.3, -0.25) is 4.79 Å². The molecule has 0 aliphatic carbocycles. The van der Waals surface area contributed by atoms with Crippen LogP contribution >= 0.6 is 11.8 Å². The van der Waals surface area contributed by atoms with Crippen LogP contribution in [0.15, 0.2) is 24.3 Å². The highest BCUT2D eigenvalue weighted by Gasteiger charge is 2.40. The Balaban J connectivity index is 2.30. The monoisotopic (exact) mass is 265 g/mol. The van der Waals surface area contributed by atoms with E-state index >= 15 is 0 Å². The number of amides is 1. The molecule has 1 aliphatic heterocycles. The highest BCUT2D eigenvalue weighted by atomic mass is 32.2. The lowest BCUT2D eigenvalue weighted by Crippen LogP contribution is -2.41. The molecule has 0 radical (unpaired) electrons. The van der Waals surface area contributed by atoms with Crippen molar-refractivity contribution in [2.75, 3.05) is 5.75 Å². The molecule has 1 N–H and O–H groups in total. The fourth-order valence-corrected chi connectivity index (χ4v) is 3.54. The Morgan fingerprint density at radius 2 is 1.94 bits per heavy atom. The lowest BCUT2D eigenvalue weighted by atomic mass is 10.1. The maximum absolute atomic E-state index is 11.7. The third-order valence-electron chi connectivity index (χ3n) is 3.01. The van der Waals surface area contributed by atoms with Crippen LogP contribution in [0.1, 0.15) is 23.4 Å². The number of hydrogen-bond acceptors (Lipinski definition) is 3. The third kappa shape index (κ3) is 2.36. The molecule has 1 heterocycles. The van der Waals surface area contributed by atoms with Crippen LogP contribution in [0.5, 0.6) is 0 Å². The number of aliphatic carboxylic acids is 1. The molecule has 1 aromatic rings. The smallest absolute Gasteiger partial charge is 0.327 e. The van der Waals surface area contributed by atoms with E-state index in [1.54, 1.807) is 0 Å². The molecule has 4 nitrogen and oxygen atoms in total. The number of nitrogens with zero attached hydrogens (tertiary/aromatic N) is 1. The van der Waals surface area contributed by atoms with E-state index in [2.05, 4.69) is 0 Å². The lowest BCUT2D eigenvalue weighted by Gasteiger charge is -2.26. The van der Waals surface area contributed by atoms with Crippen molar-refractivity contribution >= 4 is 23.6 Å². The van der Waals surface area contributed by atoms with Crippen LogP contribution in [-0.2, 0) is 9.59 Å². The third-order valence-corrected chi connectivity index (χ3v) is 4.33. The second-order valence-corrected chi connectivity index (χ2v) is 5.49. The molecule has 1 aliphatic rings. The predicted octanol–water partition coefficient (Wildman–Crippen LogP) is 2.04. The van der Waals surface area contributed by atoms with Gasteiger partial charge in [-0.2, -0.15) is 0 Å². The minimum atomic E-state index is -0.938. The van der Waals surface area contributed by atoms with E-state index in [1.807, 2.05) is 31.2 Å². The fourth-order valence-electron chi connectivity index (χ4n) is 2.07. The summed E-state index contributed by atoms with van der Waals surface area (Å²) in [5, 5.41) is 8.94. The molecule has 0 spiro atoms. The van der Waals surface area contributed by atoms with E-state index in [-0.39, 0.29) is 11.3 Å². The fraction of sp³-hybridized carbons (Fsp3) is 0.385. The van der Waals surface area contributed by atoms with Crippen LogP contribution in [0, 0.1) is 6.92 Å². The Hall–Kier alpha value is -1.49. The highest BCUT2D eigenvalue weighted by molar-refractivity contribution is 7.99. The van der Waals surface area contributed by atoms with Crippen LogP contribution in [0.25, 0.3) is 0 Å². The molecule has 1 aromatic carbocycles. The van der Waals surface area contributed by atoms with Crippen molar-refractivity contribution in [3.63, 3.8) is 0 Å². The molecule has 2 atom stereocenters. The Kier molecular flexibility index (Phi) is 3.61. The second kappa shape index (κ2) is 5.02. The van der Waals surface area contributed by atoms with Crippen molar-refractivity contribution in [2.45, 2.75) is 25.3 Å². The van der Waals surface area contributed by atoms with Gasteiger partial charge in [0.2, 0.25) is 5.91 Å². The van der Waals surface area contributed by atoms with Gasteiger partial charge in [-0.15, -0.1) is 11.8 Å². The van der Waals surface area contributed by atoms with Crippen molar-refractivity contribution < 1.29 is 14.7 Å². The van der Waals surface area contributed by atoms with E-state index in [0.29, 0.717) is 5.75 Å². The molecule has 0 unspecified atom stereocenters. The van der Waals surface area contributed by atoms with Crippen molar-refractivity contribution in [1.29, 1.82) is 0 Å². The first-order valence-corrected chi connectivity index (χ1v) is 6.75. The predicted molar refractivity (Wildman–Crippen MR) is 70.3 cm³/mol. The summed E-state index contributed by atoms with van der Waals surface area (Å²) in [6.45, 7) is 3.41. The van der Waals surface area contributed by atoms with Crippen molar-refractivity contribution in [2.24, 2.45) is 0 Å². The summed E-state index contributed by atoms with van der Waals surface area (Å²) in [6.07, 6.45) is 0. The molecule has 1 amide bonds. The van der Waals surface area contributed by atoms with E-state index < -0.39 is 12.0 Å². The van der Waals surface area contributed by atoms with Crippen LogP contribution < -0.4 is 0 Å². The van der Waals surface area contributed by atoms with E-state index in [0.717, 1.165) is 11.1 Å². The Bertz CT molecular complexity index is 472. The topological polar surface area (TPSA) is 57.6 Å². The average molecular weight is 265 g/mol. The molecule has 18 heavy (non-hydrogen) atoms. The summed E-state index contributed by atoms with van der Waals surface area (Å²) in [5.41, 5.74) is 2.12. The second-order valence-electron chi connectivity index (χ2n) is 4.38. The average Bonchev–Trinajstić information content (AvgIpc) is 2.74. The number of hydrogen-bond donors (Lipinski definition) is 1. The van der Waals surface area contributed by atoms with E-state index in [9.17, 15) is 9.59 Å². The zero-order valence-corrected chi connectivity index (χ0v) is 11.1. The van der Waals surface area contributed by atoms with Gasteiger partial charge in [-0.05, 0) is 12.5 Å². The quantitative estimate of drug-likeness (QED) is 0.889. The molecule has 0 bridgehead atoms. The molecule has 0 saturated carbocycles. The summed E-state index contributed by atoms with van der Waals surface area (Å²) < 4.78 is 0. The van der Waals surface area contributed by atoms with Crippen molar-refractivity contribution in [1.82, 2.24) is 4.90 Å². The summed E-state index contributed by atoms with van der Waals surface area (Å²) in [6, 6.07) is 7.13. The van der Waals surface area contributed by atoms with Crippen molar-refractivity contribution in [3.8, 4) is 0 Å². The Morgan fingerprint density at radius 3 is 2.44 bits per heavy atom. The zero-order chi connectivity index (χ0) is 13.3. The summed E-state index contributed by atoms with van der Waals surface area (Å²) in [7, 11) is 0. The highest BCUT2D eigenvalue weighted by Crippen LogP contribution is 2.41. The van der Waals surface area contributed by atoms with Crippen LogP contribution in [0.2, 0.25) is 0 Å². The van der Waals surface area contributed by atoms with Gasteiger partial charge in [0.15, 0.2) is 0 Å². The Labute approximate surface area is 110 Å². The molecule has 1 saturated heterocycles. The number of thioether (sulfide) groups is 1. The van der Waals surface area contributed by atoms with Crippen LogP contribution in [-0.4, -0.2) is 33.7 Å². The van der Waals surface area contributed by atoms with Crippen LogP contribution in [0.4, 0.5) is 0 Å². The Morgan fingerprint density at radius 1 is 1.33 bits per heavy atom. The molecule has 96 valence electrons. The largest absolute Gasteiger partial charge is 0.480 e. The first kappa shape index (κ1) is 13.0. The SMILES string of the molecule is CC(=O)N1[C@@H](C(=O)O)CS[C@H]1c1ccc(C)cc1. The number of benzene rings is 1. The van der Waals surface area contributed by atoms with Gasteiger partial charge >= 0.3 is 5.97 Å². The molecule has 0 aromatic heterocycles. The summed E-state index contributed by atoms with van der Waals surface area (Å²) in [4.78, 5) is 24.3. The minimum Gasteiger partial charge on any atom is -0.480 e. The number of carbonyl (C=O) groups is 2. The van der Waals surface area contributed by atoms with Gasteiger partial charge in [0, 0.05) is 12.7 Å². The summed E-state index contributed by atoms with van der Waals surface area (Å²) in [5.74, 6) is -0.696. The van der Waals surface area contributed by atoms with Gasteiger partial charge in [0.25, 0.3) is 0 Å². The molecule has 5 heteroatoms. The van der Waals surface area contributed by atoms with Gasteiger partial charge in [-0.1, -0.05) is 29.8 Å². The normalized spacial score (nSPS) is 23.1. The molecular formula is C13H15NO3S. The van der Waals surface area contributed by atoms with Crippen molar-refractivity contribution in [3.05, 3.63) is 35.4 Å².